The molecule has 154 valence electrons. The van der Waals surface area contributed by atoms with Crippen molar-refractivity contribution in [3.8, 4) is 0 Å². The average Bonchev–Trinajstić information content (AvgIpc) is 2.68. The second-order valence-electron chi connectivity index (χ2n) is 7.22. The monoisotopic (exact) mass is 417 g/mol. The molecule has 1 aliphatic heterocycles. The van der Waals surface area contributed by atoms with Crippen LogP contribution in [-0.4, -0.2) is 36.6 Å². The molecule has 0 unspecified atom stereocenters. The van der Waals surface area contributed by atoms with Gasteiger partial charge in [0.05, 0.1) is 10.7 Å². The summed E-state index contributed by atoms with van der Waals surface area (Å²) in [6.07, 6.45) is 0.821. The van der Waals surface area contributed by atoms with E-state index in [-0.39, 0.29) is 36.4 Å². The number of nitro benzene ring substituents is 1. The summed E-state index contributed by atoms with van der Waals surface area (Å²) in [6, 6.07) is 13.2. The van der Waals surface area contributed by atoms with Crippen LogP contribution >= 0.6 is 0 Å². The molecule has 1 amide bonds. The molecule has 1 saturated heterocycles. The first-order chi connectivity index (χ1) is 13.7. The van der Waals surface area contributed by atoms with Crippen molar-refractivity contribution in [3.63, 3.8) is 0 Å². The highest BCUT2D eigenvalue weighted by molar-refractivity contribution is 7.88. The van der Waals surface area contributed by atoms with Crippen LogP contribution < -0.4 is 5.32 Å². The van der Waals surface area contributed by atoms with Crippen molar-refractivity contribution in [1.29, 1.82) is 0 Å². The maximum atomic E-state index is 12.7. The minimum absolute atomic E-state index is 0.0563. The summed E-state index contributed by atoms with van der Waals surface area (Å²) in [5.41, 5.74) is 2.02. The first-order valence-electron chi connectivity index (χ1n) is 9.33. The first kappa shape index (κ1) is 20.9. The number of anilines is 1. The number of nitro groups is 1. The second kappa shape index (κ2) is 8.71. The van der Waals surface area contributed by atoms with Crippen molar-refractivity contribution in [3.05, 3.63) is 69.8 Å². The predicted molar refractivity (Wildman–Crippen MR) is 110 cm³/mol. The number of carbonyl (C=O) groups is 1. The molecule has 8 nitrogen and oxygen atoms in total. The van der Waals surface area contributed by atoms with Gasteiger partial charge in [-0.05, 0) is 31.4 Å². The molecule has 1 heterocycles. The minimum Gasteiger partial charge on any atom is -0.326 e. The molecule has 1 fully saturated rings. The number of nitrogens with zero attached hydrogens (tertiary/aromatic N) is 2. The van der Waals surface area contributed by atoms with Crippen LogP contribution in [0.5, 0.6) is 0 Å². The van der Waals surface area contributed by atoms with Crippen LogP contribution in [0.2, 0.25) is 0 Å². The van der Waals surface area contributed by atoms with Crippen molar-refractivity contribution in [2.24, 2.45) is 5.92 Å². The summed E-state index contributed by atoms with van der Waals surface area (Å²) in [4.78, 5) is 22.8. The molecule has 9 heteroatoms. The van der Waals surface area contributed by atoms with Gasteiger partial charge in [-0.1, -0.05) is 35.9 Å². The third-order valence-electron chi connectivity index (χ3n) is 4.97. The van der Waals surface area contributed by atoms with Crippen LogP contribution in [0.4, 0.5) is 11.4 Å². The summed E-state index contributed by atoms with van der Waals surface area (Å²) in [5, 5.41) is 13.5. The number of piperidine rings is 1. The summed E-state index contributed by atoms with van der Waals surface area (Å²) in [6.45, 7) is 2.48. The molecule has 29 heavy (non-hydrogen) atoms. The van der Waals surface area contributed by atoms with Gasteiger partial charge in [0.2, 0.25) is 15.9 Å². The molecule has 0 aliphatic carbocycles. The van der Waals surface area contributed by atoms with E-state index in [0.29, 0.717) is 18.5 Å². The Morgan fingerprint density at radius 3 is 2.52 bits per heavy atom. The number of sulfonamides is 1. The van der Waals surface area contributed by atoms with Crippen molar-refractivity contribution in [2.45, 2.75) is 25.5 Å². The Labute approximate surface area is 169 Å². The van der Waals surface area contributed by atoms with Crippen molar-refractivity contribution < 1.29 is 18.1 Å². The number of benzene rings is 2. The van der Waals surface area contributed by atoms with Crippen LogP contribution in [0.3, 0.4) is 0 Å². The smallest absolute Gasteiger partial charge is 0.271 e. The Bertz CT molecular complexity index is 1010. The van der Waals surface area contributed by atoms with Gasteiger partial charge in [0, 0.05) is 36.8 Å². The van der Waals surface area contributed by atoms with Crippen LogP contribution in [0.25, 0.3) is 0 Å². The van der Waals surface area contributed by atoms with Gasteiger partial charge in [-0.25, -0.2) is 12.7 Å². The zero-order valence-corrected chi connectivity index (χ0v) is 16.9. The number of nitrogens with one attached hydrogen (secondary N) is 1. The number of hydrogen-bond acceptors (Lipinski definition) is 5. The van der Waals surface area contributed by atoms with Gasteiger partial charge >= 0.3 is 0 Å². The standard InChI is InChI=1S/C20H23N3O5S/c1-15-4-2-5-16(12-15)14-29(27,28)22-10-8-17(9-11-22)20(24)21-18-6-3-7-19(13-18)23(25)26/h2-7,12-13,17H,8-11,14H2,1H3,(H,21,24). The minimum atomic E-state index is -3.45. The predicted octanol–water partition coefficient (Wildman–Crippen LogP) is 3.08. The van der Waals surface area contributed by atoms with Gasteiger partial charge in [0.15, 0.2) is 0 Å². The number of carbonyl (C=O) groups excluding carboxylic acids is 1. The maximum Gasteiger partial charge on any atom is 0.271 e. The van der Waals surface area contributed by atoms with E-state index in [0.717, 1.165) is 11.1 Å². The van der Waals surface area contributed by atoms with E-state index in [1.165, 1.54) is 22.5 Å². The second-order valence-corrected chi connectivity index (χ2v) is 9.18. The molecule has 0 saturated carbocycles. The van der Waals surface area contributed by atoms with Gasteiger partial charge in [-0.2, -0.15) is 0 Å². The average molecular weight is 417 g/mol. The number of non-ortho nitro benzene ring substituents is 1. The van der Waals surface area contributed by atoms with Gasteiger partial charge in [-0.3, -0.25) is 14.9 Å². The third kappa shape index (κ3) is 5.39. The molecule has 2 aromatic rings. The maximum absolute atomic E-state index is 12.7. The third-order valence-corrected chi connectivity index (χ3v) is 6.82. The fourth-order valence-electron chi connectivity index (χ4n) is 3.44. The number of aryl methyl sites for hydroxylation is 1. The van der Waals surface area contributed by atoms with Crippen LogP contribution in [0, 0.1) is 23.0 Å². The molecular weight excluding hydrogens is 394 g/mol. The summed E-state index contributed by atoms with van der Waals surface area (Å²) in [5.74, 6) is -0.639. The Kier molecular flexibility index (Phi) is 6.29. The highest BCUT2D eigenvalue weighted by atomic mass is 32.2. The normalized spacial score (nSPS) is 15.8. The molecule has 1 aliphatic rings. The fraction of sp³-hybridized carbons (Fsp3) is 0.350. The lowest BCUT2D eigenvalue weighted by molar-refractivity contribution is -0.384. The Balaban J connectivity index is 1.57. The fourth-order valence-corrected chi connectivity index (χ4v) is 4.99. The van der Waals surface area contributed by atoms with Gasteiger partial charge in [0.25, 0.3) is 5.69 Å². The van der Waals surface area contributed by atoms with Crippen molar-refractivity contribution in [1.82, 2.24) is 4.31 Å². The van der Waals surface area contributed by atoms with E-state index >= 15 is 0 Å². The lowest BCUT2D eigenvalue weighted by Gasteiger charge is -2.30. The van der Waals surface area contributed by atoms with Crippen LogP contribution in [0.1, 0.15) is 24.0 Å². The van der Waals surface area contributed by atoms with Gasteiger partial charge in [-0.15, -0.1) is 0 Å². The van der Waals surface area contributed by atoms with Crippen molar-refractivity contribution in [2.75, 3.05) is 18.4 Å². The van der Waals surface area contributed by atoms with E-state index in [1.807, 2.05) is 25.1 Å². The van der Waals surface area contributed by atoms with E-state index < -0.39 is 14.9 Å². The first-order valence-corrected chi connectivity index (χ1v) is 10.9. The lowest BCUT2D eigenvalue weighted by Crippen LogP contribution is -2.41. The summed E-state index contributed by atoms with van der Waals surface area (Å²) < 4.78 is 26.8. The van der Waals surface area contributed by atoms with Crippen LogP contribution in [-0.2, 0) is 20.6 Å². The zero-order chi connectivity index (χ0) is 21.0. The number of amides is 1. The topological polar surface area (TPSA) is 110 Å². The SMILES string of the molecule is Cc1cccc(CS(=O)(=O)N2CCC(C(=O)Nc3cccc([N+](=O)[O-])c3)CC2)c1. The molecule has 0 spiro atoms. The Hall–Kier alpha value is -2.78. The largest absolute Gasteiger partial charge is 0.326 e. The number of hydrogen-bond donors (Lipinski definition) is 1. The molecule has 0 radical (unpaired) electrons. The molecule has 0 atom stereocenters. The lowest BCUT2D eigenvalue weighted by atomic mass is 9.97. The molecule has 0 aromatic heterocycles. The number of rotatable bonds is 6. The molecule has 1 N–H and O–H groups in total. The Morgan fingerprint density at radius 2 is 1.86 bits per heavy atom. The molecule has 2 aromatic carbocycles. The van der Waals surface area contributed by atoms with E-state index in [9.17, 15) is 23.3 Å². The summed E-state index contributed by atoms with van der Waals surface area (Å²) in [7, 11) is -3.45. The molecular formula is C20H23N3O5S. The van der Waals surface area contributed by atoms with Gasteiger partial charge < -0.3 is 5.32 Å². The highest BCUT2D eigenvalue weighted by Crippen LogP contribution is 2.24. The molecule has 0 bridgehead atoms. The quantitative estimate of drug-likeness (QED) is 0.574. The summed E-state index contributed by atoms with van der Waals surface area (Å²) >= 11 is 0. The van der Waals surface area contributed by atoms with E-state index in [1.54, 1.807) is 12.1 Å². The van der Waals surface area contributed by atoms with Gasteiger partial charge in [0.1, 0.15) is 0 Å². The van der Waals surface area contributed by atoms with Crippen molar-refractivity contribution >= 4 is 27.3 Å². The van der Waals surface area contributed by atoms with Crippen LogP contribution in [0.15, 0.2) is 48.5 Å². The van der Waals surface area contributed by atoms with E-state index in [4.69, 9.17) is 0 Å². The molecule has 3 rings (SSSR count). The zero-order valence-electron chi connectivity index (χ0n) is 16.1. The Morgan fingerprint density at radius 1 is 1.17 bits per heavy atom. The van der Waals surface area contributed by atoms with E-state index in [2.05, 4.69) is 5.32 Å². The highest BCUT2D eigenvalue weighted by Gasteiger charge is 2.31.